The summed E-state index contributed by atoms with van der Waals surface area (Å²) in [5, 5.41) is 21.4. The van der Waals surface area contributed by atoms with E-state index in [1.54, 1.807) is 19.9 Å². The zero-order valence-corrected chi connectivity index (χ0v) is 13.2. The van der Waals surface area contributed by atoms with Crippen molar-refractivity contribution in [2.75, 3.05) is 0 Å². The Hall–Kier alpha value is -1.38. The first-order valence-corrected chi connectivity index (χ1v) is 7.01. The maximum absolute atomic E-state index is 10.9. The van der Waals surface area contributed by atoms with Crippen molar-refractivity contribution in [3.05, 3.63) is 52.1 Å². The molecule has 1 aromatic rings. The van der Waals surface area contributed by atoms with Gasteiger partial charge in [-0.1, -0.05) is 29.3 Å². The Morgan fingerprint density at radius 1 is 0.950 bits per heavy atom. The Morgan fingerprint density at radius 3 is 2.15 bits per heavy atom. The van der Waals surface area contributed by atoms with E-state index < -0.39 is 11.2 Å². The fourth-order valence-corrected chi connectivity index (χ4v) is 2.93. The van der Waals surface area contributed by atoms with Crippen LogP contribution < -0.4 is 0 Å². The topological polar surface area (TPSA) is 40.5 Å². The summed E-state index contributed by atoms with van der Waals surface area (Å²) in [5.41, 5.74) is 3.69. The van der Waals surface area contributed by atoms with Gasteiger partial charge < -0.3 is 10.2 Å². The van der Waals surface area contributed by atoms with Gasteiger partial charge in [0.25, 0.3) is 0 Å². The van der Waals surface area contributed by atoms with Gasteiger partial charge in [-0.2, -0.15) is 0 Å². The minimum Gasteiger partial charge on any atom is -0.383 e. The zero-order chi connectivity index (χ0) is 15.3. The first-order chi connectivity index (χ1) is 9.06. The van der Waals surface area contributed by atoms with E-state index in [1.165, 1.54) is 5.56 Å². The molecule has 20 heavy (non-hydrogen) atoms. The fourth-order valence-electron chi connectivity index (χ4n) is 2.93. The predicted octanol–water partition coefficient (Wildman–Crippen LogP) is 3.46. The van der Waals surface area contributed by atoms with Crippen molar-refractivity contribution in [1.29, 1.82) is 0 Å². The van der Waals surface area contributed by atoms with Gasteiger partial charge in [0.05, 0.1) is 0 Å². The van der Waals surface area contributed by atoms with Crippen LogP contribution in [-0.4, -0.2) is 21.4 Å². The molecule has 0 fully saturated rings. The third-order valence-corrected chi connectivity index (χ3v) is 4.49. The minimum atomic E-state index is -1.31. The molecule has 108 valence electrons. The van der Waals surface area contributed by atoms with E-state index in [9.17, 15) is 10.2 Å². The van der Waals surface area contributed by atoms with Crippen LogP contribution in [0.4, 0.5) is 0 Å². The smallest absolute Gasteiger partial charge is 0.119 e. The van der Waals surface area contributed by atoms with Crippen molar-refractivity contribution in [3.8, 4) is 0 Å². The maximum atomic E-state index is 10.9. The van der Waals surface area contributed by atoms with E-state index >= 15 is 0 Å². The number of hydrogen-bond donors (Lipinski definition) is 2. The minimum absolute atomic E-state index is 0.784. The highest BCUT2D eigenvalue weighted by Gasteiger charge is 2.45. The molecule has 0 amide bonds. The van der Waals surface area contributed by atoms with Gasteiger partial charge in [0.1, 0.15) is 11.2 Å². The van der Waals surface area contributed by atoms with Crippen LogP contribution in [0.5, 0.6) is 0 Å². The van der Waals surface area contributed by atoms with Crippen LogP contribution in [0.15, 0.2) is 29.9 Å². The highest BCUT2D eigenvalue weighted by Crippen LogP contribution is 2.42. The van der Waals surface area contributed by atoms with Crippen molar-refractivity contribution in [2.24, 2.45) is 0 Å². The highest BCUT2D eigenvalue weighted by atomic mass is 16.4. The lowest BCUT2D eigenvalue weighted by atomic mass is 9.71. The van der Waals surface area contributed by atoms with Crippen molar-refractivity contribution < 1.29 is 10.2 Å². The maximum Gasteiger partial charge on any atom is 0.119 e. The second kappa shape index (κ2) is 4.57. The average Bonchev–Trinajstić information content (AvgIpc) is 2.28. The van der Waals surface area contributed by atoms with Crippen LogP contribution in [0, 0.1) is 20.8 Å². The molecule has 2 rings (SSSR count). The molecule has 0 saturated carbocycles. The molecule has 0 aromatic heterocycles. The molecule has 0 spiro atoms. The molecular weight excluding hydrogens is 248 g/mol. The number of benzene rings is 1. The van der Waals surface area contributed by atoms with Gasteiger partial charge in [-0.15, -0.1) is 0 Å². The van der Waals surface area contributed by atoms with Gasteiger partial charge in [0.15, 0.2) is 0 Å². The van der Waals surface area contributed by atoms with Gasteiger partial charge in [0.2, 0.25) is 0 Å². The molecule has 0 radical (unpaired) electrons. The molecule has 1 aliphatic rings. The third-order valence-electron chi connectivity index (χ3n) is 4.49. The van der Waals surface area contributed by atoms with E-state index in [-0.39, 0.29) is 0 Å². The quantitative estimate of drug-likeness (QED) is 0.822. The number of allylic oxidation sites excluding steroid dienone is 2. The molecule has 1 aliphatic carbocycles. The fraction of sp³-hybridized carbons (Fsp3) is 0.444. The molecule has 2 unspecified atom stereocenters. The van der Waals surface area contributed by atoms with E-state index in [1.807, 2.05) is 13.0 Å². The molecule has 2 atom stereocenters. The van der Waals surface area contributed by atoms with Crippen molar-refractivity contribution in [3.63, 3.8) is 0 Å². The highest BCUT2D eigenvalue weighted by molar-refractivity contribution is 5.80. The Kier molecular flexibility index (Phi) is 3.43. The summed E-state index contributed by atoms with van der Waals surface area (Å²) in [7, 11) is 0. The van der Waals surface area contributed by atoms with Crippen molar-refractivity contribution in [1.82, 2.24) is 0 Å². The van der Waals surface area contributed by atoms with Crippen molar-refractivity contribution in [2.45, 2.75) is 52.7 Å². The molecule has 0 aliphatic heterocycles. The standard InChI is InChI=1S/C18H24O2/c1-11-7-13(3)14(4)15(8-11)16-9-12(2)10-17(5,19)18(16,6)20/h7-10,19-20H,1-6H3. The molecular formula is C18H24O2. The van der Waals surface area contributed by atoms with Gasteiger partial charge in [-0.25, -0.2) is 0 Å². The van der Waals surface area contributed by atoms with Crippen molar-refractivity contribution >= 4 is 5.57 Å². The Morgan fingerprint density at radius 2 is 1.55 bits per heavy atom. The first-order valence-electron chi connectivity index (χ1n) is 7.01. The number of aliphatic hydroxyl groups is 2. The Bertz CT molecular complexity index is 617. The lowest BCUT2D eigenvalue weighted by molar-refractivity contribution is -0.0631. The second-order valence-corrected chi connectivity index (χ2v) is 6.42. The largest absolute Gasteiger partial charge is 0.383 e. The summed E-state index contributed by atoms with van der Waals surface area (Å²) < 4.78 is 0. The summed E-state index contributed by atoms with van der Waals surface area (Å²) in [4.78, 5) is 0. The normalized spacial score (nSPS) is 30.0. The van der Waals surface area contributed by atoms with Crippen LogP contribution in [0.3, 0.4) is 0 Å². The number of rotatable bonds is 1. The lowest BCUT2D eigenvalue weighted by Crippen LogP contribution is -2.51. The Labute approximate surface area is 121 Å². The zero-order valence-electron chi connectivity index (χ0n) is 13.2. The molecule has 1 aromatic carbocycles. The number of hydrogen-bond acceptors (Lipinski definition) is 2. The van der Waals surface area contributed by atoms with Crippen LogP contribution in [-0.2, 0) is 0 Å². The third kappa shape index (κ3) is 2.23. The van der Waals surface area contributed by atoms with E-state index in [4.69, 9.17) is 0 Å². The summed E-state index contributed by atoms with van der Waals surface area (Å²) in [6.45, 7) is 11.5. The second-order valence-electron chi connectivity index (χ2n) is 6.42. The van der Waals surface area contributed by atoms with Gasteiger partial charge in [-0.3, -0.25) is 0 Å². The first kappa shape index (κ1) is 15.0. The molecule has 2 heteroatoms. The molecule has 0 heterocycles. The van der Waals surface area contributed by atoms with E-state index in [0.717, 1.165) is 27.8 Å². The SMILES string of the molecule is CC1=CC(C)(O)C(C)(O)C(c2cc(C)cc(C)c2C)=C1. The Balaban J connectivity index is 2.72. The van der Waals surface area contributed by atoms with Crippen LogP contribution in [0.25, 0.3) is 5.57 Å². The summed E-state index contributed by atoms with van der Waals surface area (Å²) in [5.74, 6) is 0. The van der Waals surface area contributed by atoms with Crippen LogP contribution in [0.2, 0.25) is 0 Å². The monoisotopic (exact) mass is 272 g/mol. The molecule has 0 saturated heterocycles. The summed E-state index contributed by atoms with van der Waals surface area (Å²) in [6, 6.07) is 4.22. The van der Waals surface area contributed by atoms with Gasteiger partial charge in [0, 0.05) is 0 Å². The van der Waals surface area contributed by atoms with Gasteiger partial charge >= 0.3 is 0 Å². The van der Waals surface area contributed by atoms with E-state index in [0.29, 0.717) is 0 Å². The molecule has 2 N–H and O–H groups in total. The lowest BCUT2D eigenvalue weighted by Gasteiger charge is -2.42. The van der Waals surface area contributed by atoms with Gasteiger partial charge in [-0.05, 0) is 69.9 Å². The molecule has 2 nitrogen and oxygen atoms in total. The predicted molar refractivity (Wildman–Crippen MR) is 83.6 cm³/mol. The number of aryl methyl sites for hydroxylation is 2. The summed E-state index contributed by atoms with van der Waals surface area (Å²) >= 11 is 0. The summed E-state index contributed by atoms with van der Waals surface area (Å²) in [6.07, 6.45) is 3.69. The van der Waals surface area contributed by atoms with Crippen LogP contribution in [0.1, 0.15) is 43.0 Å². The molecule has 0 bridgehead atoms. The van der Waals surface area contributed by atoms with Crippen LogP contribution >= 0.6 is 0 Å². The average molecular weight is 272 g/mol. The van der Waals surface area contributed by atoms with E-state index in [2.05, 4.69) is 32.9 Å².